The number of aliphatic carboxylic acids is 1. The Morgan fingerprint density at radius 2 is 1.57 bits per heavy atom. The van der Waals surface area contributed by atoms with Gasteiger partial charge < -0.3 is 16.6 Å². The molecule has 110 valence electrons. The number of quaternary nitrogens is 1. The third kappa shape index (κ3) is 3.41. The first-order valence-electron chi connectivity index (χ1n) is 6.92. The molecule has 2 rings (SSSR count). The van der Waals surface area contributed by atoms with Crippen LogP contribution in [-0.4, -0.2) is 11.1 Å². The highest BCUT2D eigenvalue weighted by molar-refractivity contribution is 5.67. The lowest BCUT2D eigenvalue weighted by atomic mass is 9.73. The highest BCUT2D eigenvalue weighted by Gasteiger charge is 2.29. The van der Waals surface area contributed by atoms with Crippen molar-refractivity contribution < 1.29 is 15.6 Å². The van der Waals surface area contributed by atoms with Gasteiger partial charge in [0.2, 0.25) is 0 Å². The van der Waals surface area contributed by atoms with E-state index in [9.17, 15) is 4.79 Å². The Balaban J connectivity index is 2.44. The average Bonchev–Trinajstić information content (AvgIpc) is 2.46. The molecule has 0 aliphatic rings. The Hall–Kier alpha value is -2.33. The van der Waals surface area contributed by atoms with E-state index in [4.69, 9.17) is 10.8 Å². The molecular formula is C17H21N2O2+. The second kappa shape index (κ2) is 5.97. The van der Waals surface area contributed by atoms with Gasteiger partial charge in [0, 0.05) is 17.5 Å². The molecule has 0 saturated carbocycles. The minimum absolute atomic E-state index is 0.118. The molecule has 0 heterocycles. The summed E-state index contributed by atoms with van der Waals surface area (Å²) < 4.78 is 0. The molecule has 21 heavy (non-hydrogen) atoms. The number of benzene rings is 2. The molecule has 4 nitrogen and oxygen atoms in total. The Morgan fingerprint density at radius 3 is 2.05 bits per heavy atom. The molecule has 4 heteroatoms. The fraction of sp³-hybridized carbons (Fsp3) is 0.235. The zero-order chi connectivity index (χ0) is 15.5. The summed E-state index contributed by atoms with van der Waals surface area (Å²) >= 11 is 0. The van der Waals surface area contributed by atoms with Gasteiger partial charge in [-0.25, -0.2) is 0 Å². The minimum Gasteiger partial charge on any atom is -0.481 e. The molecule has 0 fully saturated rings. The summed E-state index contributed by atoms with van der Waals surface area (Å²) in [6.45, 7) is 2.07. The van der Waals surface area contributed by atoms with E-state index in [1.807, 2.05) is 48.5 Å². The van der Waals surface area contributed by atoms with E-state index < -0.39 is 5.97 Å². The molecule has 0 radical (unpaired) electrons. The van der Waals surface area contributed by atoms with Crippen molar-refractivity contribution in [1.29, 1.82) is 0 Å². The topological polar surface area (TPSA) is 91.0 Å². The zero-order valence-electron chi connectivity index (χ0n) is 12.2. The van der Waals surface area contributed by atoms with Crippen molar-refractivity contribution >= 4 is 17.3 Å². The summed E-state index contributed by atoms with van der Waals surface area (Å²) in [4.78, 5) is 11.0. The Kier molecular flexibility index (Phi) is 4.29. The summed E-state index contributed by atoms with van der Waals surface area (Å²) in [5.41, 5.74) is 13.1. The van der Waals surface area contributed by atoms with Gasteiger partial charge in [-0.15, -0.1) is 0 Å². The van der Waals surface area contributed by atoms with Crippen molar-refractivity contribution in [2.45, 2.75) is 25.2 Å². The standard InChI is InChI=1S/C17H20N2O2/c1-17(11-10-16(20)21,12-2-6-14(18)7-3-12)13-4-8-15(19)9-5-13/h2-9H,10-11,18-19H2,1H3,(H,20,21)/p+1. The first-order valence-corrected chi connectivity index (χ1v) is 6.92. The number of carboxylic acid groups (broad SMARTS) is 1. The van der Waals surface area contributed by atoms with Gasteiger partial charge in [-0.2, -0.15) is 0 Å². The molecule has 2 aromatic carbocycles. The van der Waals surface area contributed by atoms with Crippen LogP contribution in [0.25, 0.3) is 0 Å². The van der Waals surface area contributed by atoms with Crippen LogP contribution in [-0.2, 0) is 10.2 Å². The van der Waals surface area contributed by atoms with Gasteiger partial charge in [0.25, 0.3) is 0 Å². The van der Waals surface area contributed by atoms with Crippen LogP contribution in [0.4, 0.5) is 11.4 Å². The summed E-state index contributed by atoms with van der Waals surface area (Å²) in [7, 11) is 0. The van der Waals surface area contributed by atoms with Gasteiger partial charge in [0.1, 0.15) is 5.69 Å². The number of carboxylic acids is 1. The van der Waals surface area contributed by atoms with Crippen LogP contribution in [0, 0.1) is 0 Å². The lowest BCUT2D eigenvalue weighted by Gasteiger charge is -2.30. The number of rotatable bonds is 5. The normalized spacial score (nSPS) is 13.6. The van der Waals surface area contributed by atoms with Gasteiger partial charge in [-0.05, 0) is 41.8 Å². The van der Waals surface area contributed by atoms with E-state index in [2.05, 4.69) is 12.7 Å². The van der Waals surface area contributed by atoms with Crippen molar-refractivity contribution in [3.63, 3.8) is 0 Å². The lowest BCUT2D eigenvalue weighted by Crippen LogP contribution is -2.40. The SMILES string of the molecule is CC(CCC(=O)O)(c1ccc(N)cc1)c1ccc([NH3+])cc1. The largest absolute Gasteiger partial charge is 0.481 e. The minimum atomic E-state index is -0.787. The molecule has 0 spiro atoms. The van der Waals surface area contributed by atoms with E-state index >= 15 is 0 Å². The van der Waals surface area contributed by atoms with Crippen LogP contribution in [0.15, 0.2) is 48.5 Å². The molecule has 1 atom stereocenters. The Labute approximate surface area is 124 Å². The Morgan fingerprint density at radius 1 is 1.10 bits per heavy atom. The number of hydrogen-bond acceptors (Lipinski definition) is 2. The van der Waals surface area contributed by atoms with Crippen molar-refractivity contribution in [1.82, 2.24) is 0 Å². The molecule has 0 aliphatic carbocycles. The third-order valence-electron chi connectivity index (χ3n) is 3.98. The molecule has 0 bridgehead atoms. The molecule has 0 aromatic heterocycles. The van der Waals surface area contributed by atoms with E-state index in [1.165, 1.54) is 0 Å². The second-order valence-electron chi connectivity index (χ2n) is 5.54. The van der Waals surface area contributed by atoms with Crippen LogP contribution in [0.1, 0.15) is 30.9 Å². The first-order chi connectivity index (χ1) is 9.91. The van der Waals surface area contributed by atoms with Crippen molar-refractivity contribution in [2.75, 3.05) is 5.73 Å². The van der Waals surface area contributed by atoms with E-state index in [0.717, 1.165) is 16.8 Å². The highest BCUT2D eigenvalue weighted by Crippen LogP contribution is 2.37. The van der Waals surface area contributed by atoms with Crippen LogP contribution in [0.5, 0.6) is 0 Å². The molecule has 0 saturated heterocycles. The smallest absolute Gasteiger partial charge is 0.303 e. The molecule has 1 unspecified atom stereocenters. The number of carbonyl (C=O) groups is 1. The van der Waals surface area contributed by atoms with E-state index in [1.54, 1.807) is 0 Å². The lowest BCUT2D eigenvalue weighted by molar-refractivity contribution is -0.254. The third-order valence-corrected chi connectivity index (χ3v) is 3.98. The van der Waals surface area contributed by atoms with Crippen LogP contribution >= 0.6 is 0 Å². The zero-order valence-corrected chi connectivity index (χ0v) is 12.2. The number of hydrogen-bond donors (Lipinski definition) is 3. The highest BCUT2D eigenvalue weighted by atomic mass is 16.4. The molecule has 2 aromatic rings. The summed E-state index contributed by atoms with van der Waals surface area (Å²) in [5, 5.41) is 9.03. The summed E-state index contributed by atoms with van der Waals surface area (Å²) in [6.07, 6.45) is 0.649. The molecule has 0 amide bonds. The van der Waals surface area contributed by atoms with Crippen molar-refractivity contribution in [3.8, 4) is 0 Å². The maximum Gasteiger partial charge on any atom is 0.303 e. The fourth-order valence-corrected chi connectivity index (χ4v) is 2.54. The summed E-state index contributed by atoms with van der Waals surface area (Å²) in [6, 6.07) is 15.6. The van der Waals surface area contributed by atoms with Crippen LogP contribution in [0.2, 0.25) is 0 Å². The second-order valence-corrected chi connectivity index (χ2v) is 5.54. The fourth-order valence-electron chi connectivity index (χ4n) is 2.54. The van der Waals surface area contributed by atoms with Crippen LogP contribution in [0.3, 0.4) is 0 Å². The number of nitrogens with two attached hydrogens (primary N) is 1. The van der Waals surface area contributed by atoms with Gasteiger partial charge in [-0.3, -0.25) is 4.79 Å². The predicted octanol–water partition coefficient (Wildman–Crippen LogP) is 2.31. The van der Waals surface area contributed by atoms with E-state index in [-0.39, 0.29) is 11.8 Å². The van der Waals surface area contributed by atoms with Crippen molar-refractivity contribution in [2.24, 2.45) is 0 Å². The number of nitrogen functional groups attached to an aromatic ring is 1. The summed E-state index contributed by atoms with van der Waals surface area (Å²) in [5.74, 6) is -0.787. The quantitative estimate of drug-likeness (QED) is 0.736. The van der Waals surface area contributed by atoms with Crippen molar-refractivity contribution in [3.05, 3.63) is 59.7 Å². The van der Waals surface area contributed by atoms with Gasteiger partial charge >= 0.3 is 5.97 Å². The predicted molar refractivity (Wildman–Crippen MR) is 83.2 cm³/mol. The van der Waals surface area contributed by atoms with Gasteiger partial charge in [-0.1, -0.05) is 31.2 Å². The van der Waals surface area contributed by atoms with Crippen LogP contribution < -0.4 is 11.5 Å². The molecular weight excluding hydrogens is 264 g/mol. The van der Waals surface area contributed by atoms with E-state index in [0.29, 0.717) is 12.1 Å². The maximum atomic E-state index is 11.0. The first kappa shape index (κ1) is 15.1. The van der Waals surface area contributed by atoms with Gasteiger partial charge in [0.05, 0.1) is 0 Å². The maximum absolute atomic E-state index is 11.0. The number of anilines is 1. The molecule has 0 aliphatic heterocycles. The average molecular weight is 285 g/mol. The van der Waals surface area contributed by atoms with Gasteiger partial charge in [0.15, 0.2) is 0 Å². The monoisotopic (exact) mass is 285 g/mol. The molecule has 6 N–H and O–H groups in total. The Bertz CT molecular complexity index is 573.